The summed E-state index contributed by atoms with van der Waals surface area (Å²) in [7, 11) is 1.37. The number of carbonyl (C=O) groups excluding carboxylic acids is 1. The fraction of sp³-hybridized carbons (Fsp3) is 0.0952. The molecule has 0 radical (unpaired) electrons. The second-order valence-electron chi connectivity index (χ2n) is 5.42. The summed E-state index contributed by atoms with van der Waals surface area (Å²) in [4.78, 5) is 11.8. The molecule has 25 heavy (non-hydrogen) atoms. The van der Waals surface area contributed by atoms with Crippen molar-refractivity contribution in [1.82, 2.24) is 0 Å². The maximum absolute atomic E-state index is 11.8. The first-order chi connectivity index (χ1) is 12.2. The van der Waals surface area contributed by atoms with Gasteiger partial charge in [0.05, 0.1) is 12.7 Å². The number of carbonyl (C=O) groups is 1. The molecular weight excluding hydrogens is 380 g/mol. The highest BCUT2D eigenvalue weighted by molar-refractivity contribution is 9.10. The maximum Gasteiger partial charge on any atom is 0.339 e. The number of para-hydroxylation sites is 1. The molecule has 126 valence electrons. The van der Waals surface area contributed by atoms with Crippen LogP contribution in [0.1, 0.15) is 15.9 Å². The second kappa shape index (κ2) is 7.99. The number of rotatable bonds is 5. The van der Waals surface area contributed by atoms with Crippen LogP contribution in [0.25, 0.3) is 11.1 Å². The van der Waals surface area contributed by atoms with Crippen molar-refractivity contribution in [2.75, 3.05) is 7.11 Å². The zero-order valence-corrected chi connectivity index (χ0v) is 15.3. The summed E-state index contributed by atoms with van der Waals surface area (Å²) in [5, 5.41) is 0. The van der Waals surface area contributed by atoms with Crippen molar-refractivity contribution in [2.24, 2.45) is 0 Å². The summed E-state index contributed by atoms with van der Waals surface area (Å²) in [5.41, 5.74) is 3.49. The van der Waals surface area contributed by atoms with E-state index in [1.54, 1.807) is 6.07 Å². The molecule has 0 heterocycles. The molecule has 0 unspecified atom stereocenters. The summed E-state index contributed by atoms with van der Waals surface area (Å²) in [6.07, 6.45) is 0. The quantitative estimate of drug-likeness (QED) is 0.535. The average molecular weight is 397 g/mol. The Hall–Kier alpha value is -2.59. The SMILES string of the molecule is COC(=O)c1cccc(COc2ccccc2-c2ccccc2)c1Br. The lowest BCUT2D eigenvalue weighted by Gasteiger charge is -2.13. The van der Waals surface area contributed by atoms with Crippen LogP contribution in [0.5, 0.6) is 5.75 Å². The highest BCUT2D eigenvalue weighted by Crippen LogP contribution is 2.31. The molecule has 0 amide bonds. The van der Waals surface area contributed by atoms with E-state index in [0.717, 1.165) is 22.4 Å². The van der Waals surface area contributed by atoms with Gasteiger partial charge in [0.15, 0.2) is 0 Å². The van der Waals surface area contributed by atoms with E-state index in [2.05, 4.69) is 28.1 Å². The molecule has 3 aromatic carbocycles. The molecule has 0 atom stereocenters. The van der Waals surface area contributed by atoms with Crippen molar-refractivity contribution < 1.29 is 14.3 Å². The Morgan fingerprint density at radius 2 is 1.64 bits per heavy atom. The number of benzene rings is 3. The van der Waals surface area contributed by atoms with Crippen LogP contribution >= 0.6 is 15.9 Å². The third-order valence-electron chi connectivity index (χ3n) is 3.84. The highest BCUT2D eigenvalue weighted by atomic mass is 79.9. The smallest absolute Gasteiger partial charge is 0.339 e. The Morgan fingerprint density at radius 1 is 0.920 bits per heavy atom. The van der Waals surface area contributed by atoms with Gasteiger partial charge >= 0.3 is 5.97 Å². The van der Waals surface area contributed by atoms with E-state index in [4.69, 9.17) is 9.47 Å². The molecule has 4 heteroatoms. The topological polar surface area (TPSA) is 35.5 Å². The fourth-order valence-corrected chi connectivity index (χ4v) is 3.10. The lowest BCUT2D eigenvalue weighted by atomic mass is 10.0. The van der Waals surface area contributed by atoms with Crippen LogP contribution in [0.3, 0.4) is 0 Å². The Balaban J connectivity index is 1.85. The number of hydrogen-bond acceptors (Lipinski definition) is 3. The van der Waals surface area contributed by atoms with Crippen LogP contribution < -0.4 is 4.74 Å². The number of ether oxygens (including phenoxy) is 2. The number of methoxy groups -OCH3 is 1. The first-order valence-electron chi connectivity index (χ1n) is 7.83. The molecule has 0 aliphatic heterocycles. The van der Waals surface area contributed by atoms with Gasteiger partial charge in [-0.3, -0.25) is 0 Å². The van der Waals surface area contributed by atoms with Gasteiger partial charge < -0.3 is 9.47 Å². The number of halogens is 1. The lowest BCUT2D eigenvalue weighted by Crippen LogP contribution is -2.05. The largest absolute Gasteiger partial charge is 0.488 e. The van der Waals surface area contributed by atoms with Gasteiger partial charge in [-0.2, -0.15) is 0 Å². The molecule has 0 aliphatic rings. The summed E-state index contributed by atoms with van der Waals surface area (Å²) in [6.45, 7) is 0.343. The van der Waals surface area contributed by atoms with E-state index in [1.807, 2.05) is 54.6 Å². The molecule has 0 aliphatic carbocycles. The van der Waals surface area contributed by atoms with Gasteiger partial charge in [0, 0.05) is 15.6 Å². The summed E-state index contributed by atoms with van der Waals surface area (Å²) >= 11 is 3.48. The number of hydrogen-bond donors (Lipinski definition) is 0. The minimum atomic E-state index is -0.376. The van der Waals surface area contributed by atoms with Gasteiger partial charge in [0.1, 0.15) is 12.4 Å². The Morgan fingerprint density at radius 3 is 2.40 bits per heavy atom. The number of esters is 1. The molecule has 0 spiro atoms. The van der Waals surface area contributed by atoms with E-state index in [0.29, 0.717) is 16.6 Å². The Kier molecular flexibility index (Phi) is 5.51. The van der Waals surface area contributed by atoms with Crippen molar-refractivity contribution in [3.05, 3.63) is 88.4 Å². The van der Waals surface area contributed by atoms with Crippen LogP contribution in [0.15, 0.2) is 77.3 Å². The minimum absolute atomic E-state index is 0.343. The molecule has 3 rings (SSSR count). The van der Waals surface area contributed by atoms with Gasteiger partial charge in [-0.05, 0) is 33.6 Å². The molecule has 0 N–H and O–H groups in total. The van der Waals surface area contributed by atoms with Gasteiger partial charge in [-0.1, -0.05) is 60.7 Å². The minimum Gasteiger partial charge on any atom is -0.488 e. The van der Waals surface area contributed by atoms with Crippen molar-refractivity contribution in [2.45, 2.75) is 6.61 Å². The average Bonchev–Trinajstić information content (AvgIpc) is 2.67. The van der Waals surface area contributed by atoms with Crippen LogP contribution in [0, 0.1) is 0 Å². The van der Waals surface area contributed by atoms with Crippen LogP contribution in [0.4, 0.5) is 0 Å². The molecular formula is C21H17BrO3. The van der Waals surface area contributed by atoms with Crippen LogP contribution in [-0.2, 0) is 11.3 Å². The fourth-order valence-electron chi connectivity index (χ4n) is 2.56. The first-order valence-corrected chi connectivity index (χ1v) is 8.63. The maximum atomic E-state index is 11.8. The van der Waals surface area contributed by atoms with E-state index >= 15 is 0 Å². The van der Waals surface area contributed by atoms with Crippen molar-refractivity contribution in [3.63, 3.8) is 0 Å². The molecule has 0 saturated carbocycles. The monoisotopic (exact) mass is 396 g/mol. The normalized spacial score (nSPS) is 10.3. The third-order valence-corrected chi connectivity index (χ3v) is 4.78. The van der Waals surface area contributed by atoms with E-state index in [1.165, 1.54) is 7.11 Å². The van der Waals surface area contributed by atoms with Gasteiger partial charge in [-0.25, -0.2) is 4.79 Å². The van der Waals surface area contributed by atoms with E-state index in [-0.39, 0.29) is 5.97 Å². The third kappa shape index (κ3) is 3.91. The van der Waals surface area contributed by atoms with Crippen molar-refractivity contribution in [3.8, 4) is 16.9 Å². The lowest BCUT2D eigenvalue weighted by molar-refractivity contribution is 0.0599. The zero-order chi connectivity index (χ0) is 17.6. The first kappa shape index (κ1) is 17.2. The molecule has 0 saturated heterocycles. The molecule has 0 aromatic heterocycles. The van der Waals surface area contributed by atoms with Gasteiger partial charge in [-0.15, -0.1) is 0 Å². The van der Waals surface area contributed by atoms with Crippen LogP contribution in [0.2, 0.25) is 0 Å². The van der Waals surface area contributed by atoms with E-state index in [9.17, 15) is 4.79 Å². The second-order valence-corrected chi connectivity index (χ2v) is 6.21. The molecule has 3 aromatic rings. The van der Waals surface area contributed by atoms with Crippen molar-refractivity contribution in [1.29, 1.82) is 0 Å². The predicted octanol–water partition coefficient (Wildman–Crippen LogP) is 5.48. The Labute approximate surface area is 155 Å². The van der Waals surface area contributed by atoms with Crippen molar-refractivity contribution >= 4 is 21.9 Å². The standard InChI is InChI=1S/C21H17BrO3/c1-24-21(23)18-12-7-10-16(20(18)22)14-25-19-13-6-5-11-17(19)15-8-3-2-4-9-15/h2-13H,14H2,1H3. The molecule has 3 nitrogen and oxygen atoms in total. The van der Waals surface area contributed by atoms with Gasteiger partial charge in [0.2, 0.25) is 0 Å². The Bertz CT molecular complexity index is 875. The summed E-state index contributed by atoms with van der Waals surface area (Å²) < 4.78 is 11.5. The van der Waals surface area contributed by atoms with E-state index < -0.39 is 0 Å². The predicted molar refractivity (Wildman–Crippen MR) is 102 cm³/mol. The molecule has 0 fully saturated rings. The summed E-state index contributed by atoms with van der Waals surface area (Å²) in [5.74, 6) is 0.419. The zero-order valence-electron chi connectivity index (χ0n) is 13.7. The highest BCUT2D eigenvalue weighted by Gasteiger charge is 2.14. The van der Waals surface area contributed by atoms with Gasteiger partial charge in [0.25, 0.3) is 0 Å². The summed E-state index contributed by atoms with van der Waals surface area (Å²) in [6, 6.07) is 23.5. The molecule has 0 bridgehead atoms. The van der Waals surface area contributed by atoms with Crippen LogP contribution in [-0.4, -0.2) is 13.1 Å².